The monoisotopic (exact) mass is 357 g/mol. The normalized spacial score (nSPS) is 10.9. The van der Waals surface area contributed by atoms with Crippen LogP contribution in [0, 0.1) is 0 Å². The van der Waals surface area contributed by atoms with Gasteiger partial charge < -0.3 is 9.84 Å². The van der Waals surface area contributed by atoms with E-state index in [-0.39, 0.29) is 12.4 Å². The van der Waals surface area contributed by atoms with Gasteiger partial charge in [-0.25, -0.2) is 9.69 Å². The molecule has 0 radical (unpaired) electrons. The van der Waals surface area contributed by atoms with E-state index in [1.54, 1.807) is 13.0 Å². The number of fused-ring (bicyclic) bond motifs is 2. The second-order valence-electron chi connectivity index (χ2n) is 6.19. The number of carbonyl (C=O) groups is 1. The van der Waals surface area contributed by atoms with Crippen LogP contribution in [0.4, 0.5) is 16.2 Å². The smallest absolute Gasteiger partial charge is 0.419 e. The average Bonchev–Trinajstić information content (AvgIpc) is 2.70. The molecule has 4 aromatic carbocycles. The Hall–Kier alpha value is -3.53. The van der Waals surface area contributed by atoms with Crippen molar-refractivity contribution in [1.29, 1.82) is 0 Å². The van der Waals surface area contributed by atoms with Gasteiger partial charge in [-0.05, 0) is 29.8 Å². The Kier molecular flexibility index (Phi) is 4.38. The van der Waals surface area contributed by atoms with E-state index < -0.39 is 6.09 Å². The first-order valence-electron chi connectivity index (χ1n) is 8.86. The number of benzene rings is 4. The van der Waals surface area contributed by atoms with Gasteiger partial charge in [-0.2, -0.15) is 0 Å². The van der Waals surface area contributed by atoms with Crippen molar-refractivity contribution in [1.82, 2.24) is 0 Å². The van der Waals surface area contributed by atoms with E-state index in [1.165, 1.54) is 4.90 Å². The standard InChI is InChI=1S/C23H19NO3/c1-2-27-23(26)24(20-13-7-10-16-8-3-5-11-18(16)20)22-19-12-6-4-9-17(19)14-15-21(22)25/h3-15,25H,2H2,1H3. The van der Waals surface area contributed by atoms with Crippen molar-refractivity contribution in [3.05, 3.63) is 78.9 Å². The molecule has 4 nitrogen and oxygen atoms in total. The van der Waals surface area contributed by atoms with Gasteiger partial charge in [0, 0.05) is 10.8 Å². The summed E-state index contributed by atoms with van der Waals surface area (Å²) < 4.78 is 5.34. The van der Waals surface area contributed by atoms with Crippen LogP contribution >= 0.6 is 0 Å². The third kappa shape index (κ3) is 2.95. The lowest BCUT2D eigenvalue weighted by Crippen LogP contribution is -2.27. The van der Waals surface area contributed by atoms with Gasteiger partial charge in [0.2, 0.25) is 0 Å². The van der Waals surface area contributed by atoms with Crippen molar-refractivity contribution in [2.75, 3.05) is 11.5 Å². The predicted molar refractivity (Wildman–Crippen MR) is 109 cm³/mol. The first-order valence-corrected chi connectivity index (χ1v) is 8.86. The van der Waals surface area contributed by atoms with Crippen LogP contribution in [-0.4, -0.2) is 17.8 Å². The van der Waals surface area contributed by atoms with Gasteiger partial charge >= 0.3 is 6.09 Å². The average molecular weight is 357 g/mol. The Balaban J connectivity index is 2.04. The Morgan fingerprint density at radius 2 is 1.48 bits per heavy atom. The van der Waals surface area contributed by atoms with E-state index in [2.05, 4.69) is 0 Å². The number of phenols is 1. The van der Waals surface area contributed by atoms with Crippen LogP contribution in [0.15, 0.2) is 78.9 Å². The second-order valence-corrected chi connectivity index (χ2v) is 6.19. The fraction of sp³-hybridized carbons (Fsp3) is 0.0870. The highest BCUT2D eigenvalue weighted by Crippen LogP contribution is 2.42. The Bertz CT molecular complexity index is 1130. The summed E-state index contributed by atoms with van der Waals surface area (Å²) in [6.07, 6.45) is -0.527. The van der Waals surface area contributed by atoms with Crippen LogP contribution in [0.1, 0.15) is 6.92 Å². The number of rotatable bonds is 3. The summed E-state index contributed by atoms with van der Waals surface area (Å²) in [4.78, 5) is 14.4. The van der Waals surface area contributed by atoms with Crippen LogP contribution in [-0.2, 0) is 4.74 Å². The Morgan fingerprint density at radius 1 is 0.852 bits per heavy atom. The summed E-state index contributed by atoms with van der Waals surface area (Å²) in [6, 6.07) is 24.7. The minimum atomic E-state index is -0.527. The van der Waals surface area contributed by atoms with Gasteiger partial charge in [-0.3, -0.25) is 0 Å². The lowest BCUT2D eigenvalue weighted by molar-refractivity contribution is 0.162. The molecule has 0 heterocycles. The summed E-state index contributed by atoms with van der Waals surface area (Å²) in [7, 11) is 0. The van der Waals surface area contributed by atoms with Gasteiger partial charge in [0.25, 0.3) is 0 Å². The van der Waals surface area contributed by atoms with Crippen molar-refractivity contribution in [3.8, 4) is 5.75 Å². The summed E-state index contributed by atoms with van der Waals surface area (Å²) in [5.74, 6) is 0.0229. The number of phenolic OH excluding ortho intramolecular Hbond substituents is 1. The fourth-order valence-corrected chi connectivity index (χ4v) is 3.38. The van der Waals surface area contributed by atoms with Crippen LogP contribution in [0.5, 0.6) is 5.75 Å². The molecule has 1 N–H and O–H groups in total. The van der Waals surface area contributed by atoms with Crippen molar-refractivity contribution in [3.63, 3.8) is 0 Å². The van der Waals surface area contributed by atoms with Crippen molar-refractivity contribution in [2.24, 2.45) is 0 Å². The molecule has 4 aromatic rings. The van der Waals surface area contributed by atoms with E-state index in [0.717, 1.165) is 21.5 Å². The molecule has 0 aromatic heterocycles. The first kappa shape index (κ1) is 16.9. The van der Waals surface area contributed by atoms with E-state index in [1.807, 2.05) is 72.8 Å². The Morgan fingerprint density at radius 3 is 2.22 bits per heavy atom. The number of anilines is 2. The molecular weight excluding hydrogens is 338 g/mol. The molecule has 0 saturated heterocycles. The molecular formula is C23H19NO3. The van der Waals surface area contributed by atoms with Crippen molar-refractivity contribution >= 4 is 39.0 Å². The molecule has 27 heavy (non-hydrogen) atoms. The summed E-state index contributed by atoms with van der Waals surface area (Å²) >= 11 is 0. The van der Waals surface area contributed by atoms with Gasteiger partial charge in [-0.1, -0.05) is 66.7 Å². The molecule has 4 rings (SSSR count). The molecule has 0 aliphatic heterocycles. The number of nitrogens with zero attached hydrogens (tertiary/aromatic N) is 1. The topological polar surface area (TPSA) is 49.8 Å². The quantitative estimate of drug-likeness (QED) is 0.490. The first-order chi connectivity index (χ1) is 13.2. The van der Waals surface area contributed by atoms with E-state index in [9.17, 15) is 9.90 Å². The van der Waals surface area contributed by atoms with Gasteiger partial charge in [-0.15, -0.1) is 0 Å². The van der Waals surface area contributed by atoms with E-state index in [4.69, 9.17) is 4.74 Å². The van der Waals surface area contributed by atoms with Crippen molar-refractivity contribution in [2.45, 2.75) is 6.92 Å². The summed E-state index contributed by atoms with van der Waals surface area (Å²) in [5.41, 5.74) is 1.08. The van der Waals surface area contributed by atoms with E-state index in [0.29, 0.717) is 11.4 Å². The van der Waals surface area contributed by atoms with Crippen LogP contribution in [0.25, 0.3) is 21.5 Å². The zero-order valence-corrected chi connectivity index (χ0v) is 14.9. The van der Waals surface area contributed by atoms with E-state index >= 15 is 0 Å². The largest absolute Gasteiger partial charge is 0.506 e. The SMILES string of the molecule is CCOC(=O)N(c1cccc2ccccc12)c1c(O)ccc2ccccc12. The number of ether oxygens (including phenoxy) is 1. The molecule has 0 saturated carbocycles. The number of aromatic hydroxyl groups is 1. The number of hydrogen-bond acceptors (Lipinski definition) is 3. The maximum absolute atomic E-state index is 13.0. The van der Waals surface area contributed by atoms with Crippen LogP contribution < -0.4 is 4.90 Å². The number of carbonyl (C=O) groups excluding carboxylic acids is 1. The highest BCUT2D eigenvalue weighted by molar-refractivity contribution is 6.12. The summed E-state index contributed by atoms with van der Waals surface area (Å²) in [6.45, 7) is 2.01. The Labute approximate surface area is 157 Å². The zero-order chi connectivity index (χ0) is 18.8. The molecule has 1 amide bonds. The zero-order valence-electron chi connectivity index (χ0n) is 14.9. The van der Waals surface area contributed by atoms with Crippen molar-refractivity contribution < 1.29 is 14.6 Å². The van der Waals surface area contributed by atoms with Gasteiger partial charge in [0.15, 0.2) is 0 Å². The third-order valence-electron chi connectivity index (χ3n) is 4.56. The molecule has 0 spiro atoms. The molecule has 0 unspecified atom stereocenters. The molecule has 0 fully saturated rings. The minimum absolute atomic E-state index is 0.0229. The maximum atomic E-state index is 13.0. The molecule has 0 aliphatic rings. The third-order valence-corrected chi connectivity index (χ3v) is 4.56. The number of hydrogen-bond donors (Lipinski definition) is 1. The number of amides is 1. The molecule has 134 valence electrons. The minimum Gasteiger partial charge on any atom is -0.506 e. The predicted octanol–water partition coefficient (Wildman–Crippen LogP) is 5.99. The summed E-state index contributed by atoms with van der Waals surface area (Å²) in [5, 5.41) is 14.3. The molecule has 0 bridgehead atoms. The molecule has 0 atom stereocenters. The van der Waals surface area contributed by atoms with Gasteiger partial charge in [0.1, 0.15) is 11.4 Å². The fourth-order valence-electron chi connectivity index (χ4n) is 3.38. The highest BCUT2D eigenvalue weighted by Gasteiger charge is 2.25. The lowest BCUT2D eigenvalue weighted by atomic mass is 10.0. The second kappa shape index (κ2) is 7.00. The van der Waals surface area contributed by atoms with Crippen LogP contribution in [0.2, 0.25) is 0 Å². The highest BCUT2D eigenvalue weighted by atomic mass is 16.6. The molecule has 4 heteroatoms. The maximum Gasteiger partial charge on any atom is 0.419 e. The molecule has 0 aliphatic carbocycles. The van der Waals surface area contributed by atoms with Crippen LogP contribution in [0.3, 0.4) is 0 Å². The van der Waals surface area contributed by atoms with Gasteiger partial charge in [0.05, 0.1) is 12.3 Å². The lowest BCUT2D eigenvalue weighted by Gasteiger charge is -2.25.